The third kappa shape index (κ3) is 2.72. The van der Waals surface area contributed by atoms with Crippen molar-refractivity contribution in [2.45, 2.75) is 33.2 Å². The lowest BCUT2D eigenvalue weighted by molar-refractivity contribution is 0.429. The van der Waals surface area contributed by atoms with Crippen LogP contribution in [-0.2, 0) is 6.54 Å². The van der Waals surface area contributed by atoms with Crippen LogP contribution in [0.5, 0.6) is 0 Å². The molecule has 0 spiro atoms. The third-order valence-corrected chi connectivity index (χ3v) is 2.14. The highest BCUT2D eigenvalue weighted by molar-refractivity contribution is 5.42. The predicted molar refractivity (Wildman–Crippen MR) is 56.3 cm³/mol. The molecular weight excluding hydrogens is 181 g/mol. The molecule has 1 aromatic heterocycles. The van der Waals surface area contributed by atoms with Crippen molar-refractivity contribution in [3.05, 3.63) is 11.8 Å². The maximum Gasteiger partial charge on any atom is 0.127 e. The standard InChI is InChI=1S/C10H18FN3/c1-3-4-6-12-10-9(2)8-13-14(10)7-5-11/h8,12H,3-7H2,1-2H3. The molecule has 4 heteroatoms. The summed E-state index contributed by atoms with van der Waals surface area (Å²) in [4.78, 5) is 0. The minimum Gasteiger partial charge on any atom is -0.370 e. The minimum atomic E-state index is -0.371. The highest BCUT2D eigenvalue weighted by Crippen LogP contribution is 2.13. The summed E-state index contributed by atoms with van der Waals surface area (Å²) in [6, 6.07) is 0. The molecule has 0 aliphatic heterocycles. The molecule has 1 aromatic rings. The number of alkyl halides is 1. The molecule has 1 heterocycles. The fourth-order valence-corrected chi connectivity index (χ4v) is 1.34. The summed E-state index contributed by atoms with van der Waals surface area (Å²) in [6.45, 7) is 5.02. The van der Waals surface area contributed by atoms with Gasteiger partial charge in [0.2, 0.25) is 0 Å². The molecule has 0 unspecified atom stereocenters. The molecular formula is C10H18FN3. The fourth-order valence-electron chi connectivity index (χ4n) is 1.34. The normalized spacial score (nSPS) is 10.5. The van der Waals surface area contributed by atoms with Gasteiger partial charge in [0.25, 0.3) is 0 Å². The monoisotopic (exact) mass is 199 g/mol. The second-order valence-corrected chi connectivity index (χ2v) is 3.37. The Hall–Kier alpha value is -1.06. The molecule has 0 bridgehead atoms. The summed E-state index contributed by atoms with van der Waals surface area (Å²) in [6.07, 6.45) is 4.05. The summed E-state index contributed by atoms with van der Waals surface area (Å²) in [5.41, 5.74) is 1.08. The van der Waals surface area contributed by atoms with Crippen molar-refractivity contribution in [2.24, 2.45) is 0 Å². The lowest BCUT2D eigenvalue weighted by atomic mass is 10.3. The van der Waals surface area contributed by atoms with E-state index in [9.17, 15) is 4.39 Å². The van der Waals surface area contributed by atoms with E-state index in [-0.39, 0.29) is 6.67 Å². The quantitative estimate of drug-likeness (QED) is 0.713. The van der Waals surface area contributed by atoms with Gasteiger partial charge in [0, 0.05) is 12.1 Å². The first-order valence-corrected chi connectivity index (χ1v) is 5.11. The van der Waals surface area contributed by atoms with E-state index in [1.54, 1.807) is 10.9 Å². The van der Waals surface area contributed by atoms with Crippen LogP contribution in [0.3, 0.4) is 0 Å². The molecule has 1 rings (SSSR count). The van der Waals surface area contributed by atoms with Crippen LogP contribution >= 0.6 is 0 Å². The molecule has 3 nitrogen and oxygen atoms in total. The van der Waals surface area contributed by atoms with Gasteiger partial charge in [-0.3, -0.25) is 0 Å². The number of hydrogen-bond donors (Lipinski definition) is 1. The van der Waals surface area contributed by atoms with E-state index in [1.165, 1.54) is 0 Å². The van der Waals surface area contributed by atoms with Gasteiger partial charge in [-0.25, -0.2) is 9.07 Å². The molecule has 0 aliphatic carbocycles. The molecule has 0 fully saturated rings. The molecule has 1 N–H and O–H groups in total. The number of rotatable bonds is 6. The van der Waals surface area contributed by atoms with Crippen molar-refractivity contribution < 1.29 is 4.39 Å². The van der Waals surface area contributed by atoms with Crippen LogP contribution in [0.25, 0.3) is 0 Å². The number of nitrogens with zero attached hydrogens (tertiary/aromatic N) is 2. The van der Waals surface area contributed by atoms with Gasteiger partial charge >= 0.3 is 0 Å². The Bertz CT molecular complexity index is 270. The zero-order valence-electron chi connectivity index (χ0n) is 8.89. The molecule has 0 aromatic carbocycles. The summed E-state index contributed by atoms with van der Waals surface area (Å²) < 4.78 is 13.9. The largest absolute Gasteiger partial charge is 0.370 e. The topological polar surface area (TPSA) is 29.9 Å². The Morgan fingerprint density at radius 3 is 3.00 bits per heavy atom. The van der Waals surface area contributed by atoms with Gasteiger partial charge in [0.15, 0.2) is 0 Å². The Morgan fingerprint density at radius 2 is 2.36 bits per heavy atom. The van der Waals surface area contributed by atoms with E-state index in [0.29, 0.717) is 6.54 Å². The average Bonchev–Trinajstić information content (AvgIpc) is 2.50. The van der Waals surface area contributed by atoms with Gasteiger partial charge in [-0.1, -0.05) is 13.3 Å². The summed E-state index contributed by atoms with van der Waals surface area (Å²) in [5, 5.41) is 7.38. The zero-order chi connectivity index (χ0) is 10.4. The van der Waals surface area contributed by atoms with E-state index in [0.717, 1.165) is 30.8 Å². The van der Waals surface area contributed by atoms with Crippen LogP contribution in [-0.4, -0.2) is 23.0 Å². The first kappa shape index (κ1) is 11.0. The van der Waals surface area contributed by atoms with Crippen molar-refractivity contribution in [1.29, 1.82) is 0 Å². The van der Waals surface area contributed by atoms with Crippen molar-refractivity contribution in [2.75, 3.05) is 18.5 Å². The van der Waals surface area contributed by atoms with Crippen LogP contribution in [0.2, 0.25) is 0 Å². The number of aryl methyl sites for hydroxylation is 2. The van der Waals surface area contributed by atoms with Crippen molar-refractivity contribution in [3.8, 4) is 0 Å². The zero-order valence-corrected chi connectivity index (χ0v) is 8.89. The number of halogens is 1. The molecule has 80 valence electrons. The molecule has 14 heavy (non-hydrogen) atoms. The van der Waals surface area contributed by atoms with Crippen molar-refractivity contribution in [3.63, 3.8) is 0 Å². The van der Waals surface area contributed by atoms with Crippen LogP contribution in [0.1, 0.15) is 25.3 Å². The Kier molecular flexibility index (Phi) is 4.43. The molecule has 0 amide bonds. The fraction of sp³-hybridized carbons (Fsp3) is 0.700. The van der Waals surface area contributed by atoms with Gasteiger partial charge in [0.05, 0.1) is 12.7 Å². The van der Waals surface area contributed by atoms with Crippen LogP contribution in [0.15, 0.2) is 6.20 Å². The smallest absolute Gasteiger partial charge is 0.127 e. The first-order valence-electron chi connectivity index (χ1n) is 5.11. The predicted octanol–water partition coefficient (Wildman–Crippen LogP) is 2.37. The number of nitrogens with one attached hydrogen (secondary N) is 1. The van der Waals surface area contributed by atoms with Crippen LogP contribution in [0.4, 0.5) is 10.2 Å². The third-order valence-electron chi connectivity index (χ3n) is 2.14. The number of aromatic nitrogens is 2. The van der Waals surface area contributed by atoms with Crippen LogP contribution in [0, 0.1) is 6.92 Å². The summed E-state index contributed by atoms with van der Waals surface area (Å²) in [5.74, 6) is 0.955. The Morgan fingerprint density at radius 1 is 1.57 bits per heavy atom. The first-order chi connectivity index (χ1) is 6.79. The molecule has 0 radical (unpaired) electrons. The van der Waals surface area contributed by atoms with Gasteiger partial charge in [-0.15, -0.1) is 0 Å². The van der Waals surface area contributed by atoms with E-state index in [2.05, 4.69) is 17.3 Å². The lowest BCUT2D eigenvalue weighted by Crippen LogP contribution is -2.10. The van der Waals surface area contributed by atoms with E-state index in [1.807, 2.05) is 6.92 Å². The molecule has 0 atom stereocenters. The number of anilines is 1. The van der Waals surface area contributed by atoms with E-state index < -0.39 is 0 Å². The lowest BCUT2D eigenvalue weighted by Gasteiger charge is -2.08. The van der Waals surface area contributed by atoms with Gasteiger partial charge in [-0.2, -0.15) is 5.10 Å². The van der Waals surface area contributed by atoms with Crippen molar-refractivity contribution >= 4 is 5.82 Å². The van der Waals surface area contributed by atoms with Gasteiger partial charge in [0.1, 0.15) is 12.5 Å². The number of hydrogen-bond acceptors (Lipinski definition) is 2. The average molecular weight is 199 g/mol. The highest BCUT2D eigenvalue weighted by atomic mass is 19.1. The Labute approximate surface area is 84.3 Å². The second-order valence-electron chi connectivity index (χ2n) is 3.37. The highest BCUT2D eigenvalue weighted by Gasteiger charge is 2.05. The van der Waals surface area contributed by atoms with Gasteiger partial charge < -0.3 is 5.32 Å². The maximum atomic E-state index is 12.2. The SMILES string of the molecule is CCCCNc1c(C)cnn1CCF. The summed E-state index contributed by atoms with van der Waals surface area (Å²) in [7, 11) is 0. The molecule has 0 saturated carbocycles. The van der Waals surface area contributed by atoms with Gasteiger partial charge in [-0.05, 0) is 13.3 Å². The van der Waals surface area contributed by atoms with E-state index in [4.69, 9.17) is 0 Å². The van der Waals surface area contributed by atoms with E-state index >= 15 is 0 Å². The Balaban J connectivity index is 2.57. The van der Waals surface area contributed by atoms with Crippen LogP contribution < -0.4 is 5.32 Å². The number of unbranched alkanes of at least 4 members (excludes halogenated alkanes) is 1. The minimum absolute atomic E-state index is 0.336. The van der Waals surface area contributed by atoms with Crippen molar-refractivity contribution in [1.82, 2.24) is 9.78 Å². The molecule has 0 saturated heterocycles. The molecule has 0 aliphatic rings. The second kappa shape index (κ2) is 5.62. The maximum absolute atomic E-state index is 12.2. The summed E-state index contributed by atoms with van der Waals surface area (Å²) >= 11 is 0.